The van der Waals surface area contributed by atoms with Gasteiger partial charge >= 0.3 is 12.1 Å². The van der Waals surface area contributed by atoms with Crippen LogP contribution in [-0.2, 0) is 22.5 Å². The lowest BCUT2D eigenvalue weighted by molar-refractivity contribution is 0.0979. The molecule has 3 aromatic rings. The number of urea groups is 1. The van der Waals surface area contributed by atoms with E-state index >= 15 is 0 Å². The van der Waals surface area contributed by atoms with Gasteiger partial charge in [0.2, 0.25) is 5.90 Å². The summed E-state index contributed by atoms with van der Waals surface area (Å²) in [5.41, 5.74) is 2.88. The fraction of sp³-hybridized carbons (Fsp3) is 0.364. The number of rotatable bonds is 12. The van der Waals surface area contributed by atoms with Crippen molar-refractivity contribution in [2.75, 3.05) is 13.2 Å². The quantitative estimate of drug-likeness (QED) is 0.288. The molecule has 3 aromatic carbocycles. The van der Waals surface area contributed by atoms with E-state index in [1.807, 2.05) is 105 Å². The van der Waals surface area contributed by atoms with Gasteiger partial charge in [-0.1, -0.05) is 105 Å². The Kier molecular flexibility index (Phi) is 10.9. The smallest absolute Gasteiger partial charge is 0.418 e. The highest BCUT2D eigenvalue weighted by atomic mass is 16.6. The average molecular weight is 558 g/mol. The Bertz CT molecular complexity index is 1270. The predicted molar refractivity (Wildman–Crippen MR) is 158 cm³/mol. The summed E-state index contributed by atoms with van der Waals surface area (Å²) in [5, 5.41) is 14.3. The van der Waals surface area contributed by atoms with Gasteiger partial charge in [-0.2, -0.15) is 0 Å². The molecule has 8 heteroatoms. The van der Waals surface area contributed by atoms with Crippen LogP contribution >= 0.6 is 0 Å². The van der Waals surface area contributed by atoms with Gasteiger partial charge in [-0.05, 0) is 41.9 Å². The number of hydrogen-bond acceptors (Lipinski definition) is 6. The number of aliphatic hydroxyl groups excluding tert-OH is 1. The Labute approximate surface area is 242 Å². The number of imide groups is 1. The first-order valence-corrected chi connectivity index (χ1v) is 14.2. The van der Waals surface area contributed by atoms with Crippen LogP contribution in [0.5, 0.6) is 0 Å². The number of benzene rings is 3. The van der Waals surface area contributed by atoms with E-state index in [1.165, 1.54) is 0 Å². The Morgan fingerprint density at radius 1 is 0.951 bits per heavy atom. The number of ether oxygens (including phenoxy) is 2. The molecule has 1 aliphatic heterocycles. The second kappa shape index (κ2) is 15.0. The molecule has 1 unspecified atom stereocenters. The van der Waals surface area contributed by atoms with Crippen LogP contribution in [0.1, 0.15) is 49.4 Å². The summed E-state index contributed by atoms with van der Waals surface area (Å²) < 4.78 is 11.3. The first-order valence-electron chi connectivity index (χ1n) is 14.2. The number of hydrogen-bond donors (Lipinski definition) is 2. The molecule has 3 atom stereocenters. The summed E-state index contributed by atoms with van der Waals surface area (Å²) in [5.74, 6) is 0.445. The summed E-state index contributed by atoms with van der Waals surface area (Å²) in [7, 11) is 0. The molecule has 1 aliphatic rings. The van der Waals surface area contributed by atoms with E-state index in [2.05, 4.69) is 10.3 Å². The molecule has 0 radical (unpaired) electrons. The van der Waals surface area contributed by atoms with E-state index in [9.17, 15) is 14.7 Å². The van der Waals surface area contributed by atoms with Gasteiger partial charge in [-0.3, -0.25) is 0 Å². The molecular weight excluding hydrogens is 518 g/mol. The molecule has 4 rings (SSSR count). The number of aliphatic imine (C=N–C) groups is 1. The van der Waals surface area contributed by atoms with E-state index in [1.54, 1.807) is 0 Å². The Morgan fingerprint density at radius 3 is 2.20 bits per heavy atom. The van der Waals surface area contributed by atoms with Crippen molar-refractivity contribution in [2.45, 2.75) is 57.9 Å². The highest BCUT2D eigenvalue weighted by Crippen LogP contribution is 2.25. The second-order valence-electron chi connectivity index (χ2n) is 10.6. The molecule has 0 bridgehead atoms. The van der Waals surface area contributed by atoms with Crippen molar-refractivity contribution in [3.63, 3.8) is 0 Å². The topological polar surface area (TPSA) is 100 Å². The molecule has 0 saturated heterocycles. The lowest BCUT2D eigenvalue weighted by Crippen LogP contribution is -2.53. The van der Waals surface area contributed by atoms with Crippen molar-refractivity contribution in [2.24, 2.45) is 10.9 Å². The standard InChI is InChI=1S/C33H39N3O5/c1-24(2)20-21-36(33(39)41-22-26-14-8-4-9-15-26)32(38)35-28(19-18-25-12-6-3-7-13-25)30(37)31-34-29(23-40-31)27-16-10-5-11-17-27/h3-17,24,28-30,37H,18-23H2,1-2H3,(H,35,38)/t28-,29+,30?/m0/s1. The van der Waals surface area contributed by atoms with Gasteiger partial charge in [-0.25, -0.2) is 19.5 Å². The number of aryl methyl sites for hydroxylation is 1. The molecule has 2 N–H and O–H groups in total. The van der Waals surface area contributed by atoms with E-state index in [4.69, 9.17) is 9.47 Å². The maximum Gasteiger partial charge on any atom is 0.418 e. The number of carbonyl (C=O) groups excluding carboxylic acids is 2. The van der Waals surface area contributed by atoms with E-state index in [0.717, 1.165) is 21.6 Å². The van der Waals surface area contributed by atoms with Gasteiger partial charge in [0, 0.05) is 6.54 Å². The molecule has 0 aliphatic carbocycles. The summed E-state index contributed by atoms with van der Waals surface area (Å²) in [6, 6.07) is 27.3. The van der Waals surface area contributed by atoms with Gasteiger partial charge in [0.1, 0.15) is 25.4 Å². The van der Waals surface area contributed by atoms with E-state index in [0.29, 0.717) is 25.9 Å². The lowest BCUT2D eigenvalue weighted by atomic mass is 10.0. The highest BCUT2D eigenvalue weighted by molar-refractivity contribution is 5.91. The Balaban J connectivity index is 1.49. The highest BCUT2D eigenvalue weighted by Gasteiger charge is 2.34. The molecule has 0 fully saturated rings. The van der Waals surface area contributed by atoms with Crippen LogP contribution in [0.3, 0.4) is 0 Å². The van der Waals surface area contributed by atoms with Crippen LogP contribution in [0.2, 0.25) is 0 Å². The molecule has 0 saturated carbocycles. The third-order valence-electron chi connectivity index (χ3n) is 6.99. The molecule has 0 aromatic heterocycles. The molecule has 41 heavy (non-hydrogen) atoms. The zero-order valence-electron chi connectivity index (χ0n) is 23.7. The lowest BCUT2D eigenvalue weighted by Gasteiger charge is -2.28. The van der Waals surface area contributed by atoms with Crippen molar-refractivity contribution in [1.29, 1.82) is 0 Å². The number of nitrogens with zero attached hydrogens (tertiary/aromatic N) is 2. The summed E-state index contributed by atoms with van der Waals surface area (Å²) in [6.07, 6.45) is -0.306. The van der Waals surface area contributed by atoms with Crippen LogP contribution in [0.15, 0.2) is 96.0 Å². The van der Waals surface area contributed by atoms with Crippen molar-refractivity contribution < 1.29 is 24.2 Å². The van der Waals surface area contributed by atoms with Crippen molar-refractivity contribution in [1.82, 2.24) is 10.2 Å². The largest absolute Gasteiger partial charge is 0.476 e. The van der Waals surface area contributed by atoms with Gasteiger partial charge in [0.25, 0.3) is 0 Å². The maximum absolute atomic E-state index is 13.6. The van der Waals surface area contributed by atoms with Crippen molar-refractivity contribution >= 4 is 18.0 Å². The third kappa shape index (κ3) is 8.91. The van der Waals surface area contributed by atoms with Gasteiger partial charge < -0.3 is 19.9 Å². The normalized spacial score (nSPS) is 15.9. The van der Waals surface area contributed by atoms with Crippen LogP contribution in [0, 0.1) is 5.92 Å². The molecular formula is C33H39N3O5. The zero-order valence-corrected chi connectivity index (χ0v) is 23.7. The SMILES string of the molecule is CC(C)CCN(C(=O)N[C@@H](CCc1ccccc1)C(O)C1=N[C@@H](c2ccccc2)CO1)C(=O)OCc1ccccc1. The maximum atomic E-state index is 13.6. The Morgan fingerprint density at radius 2 is 1.56 bits per heavy atom. The average Bonchev–Trinajstić information content (AvgIpc) is 3.50. The van der Waals surface area contributed by atoms with Crippen LogP contribution < -0.4 is 5.32 Å². The summed E-state index contributed by atoms with van der Waals surface area (Å²) in [4.78, 5) is 32.4. The fourth-order valence-corrected chi connectivity index (χ4v) is 4.54. The number of aliphatic hydroxyl groups is 1. The number of nitrogens with one attached hydrogen (secondary N) is 1. The molecule has 3 amide bonds. The minimum Gasteiger partial charge on any atom is -0.476 e. The predicted octanol–water partition coefficient (Wildman–Crippen LogP) is 5.91. The zero-order chi connectivity index (χ0) is 29.0. The number of carbonyl (C=O) groups is 2. The second-order valence-corrected chi connectivity index (χ2v) is 10.6. The fourth-order valence-electron chi connectivity index (χ4n) is 4.54. The van der Waals surface area contributed by atoms with Crippen LogP contribution in [0.4, 0.5) is 9.59 Å². The third-order valence-corrected chi connectivity index (χ3v) is 6.99. The van der Waals surface area contributed by atoms with Gasteiger partial charge in [0.15, 0.2) is 0 Å². The minimum atomic E-state index is -1.19. The van der Waals surface area contributed by atoms with Gasteiger partial charge in [-0.15, -0.1) is 0 Å². The van der Waals surface area contributed by atoms with Crippen molar-refractivity contribution in [3.8, 4) is 0 Å². The molecule has 0 spiro atoms. The monoisotopic (exact) mass is 557 g/mol. The minimum absolute atomic E-state index is 0.0523. The van der Waals surface area contributed by atoms with E-state index in [-0.39, 0.29) is 31.0 Å². The van der Waals surface area contributed by atoms with Crippen molar-refractivity contribution in [3.05, 3.63) is 108 Å². The summed E-state index contributed by atoms with van der Waals surface area (Å²) >= 11 is 0. The van der Waals surface area contributed by atoms with E-state index < -0.39 is 24.3 Å². The molecule has 1 heterocycles. The molecule has 8 nitrogen and oxygen atoms in total. The number of amides is 3. The summed E-state index contributed by atoms with van der Waals surface area (Å²) in [6.45, 7) is 4.60. The van der Waals surface area contributed by atoms with Gasteiger partial charge in [0.05, 0.1) is 6.04 Å². The molecule has 216 valence electrons. The Hall–Kier alpha value is -4.17. The van der Waals surface area contributed by atoms with Crippen LogP contribution in [-0.4, -0.2) is 53.3 Å². The first kappa shape index (κ1) is 29.8. The first-order chi connectivity index (χ1) is 19.9. The van der Waals surface area contributed by atoms with Crippen LogP contribution in [0.25, 0.3) is 0 Å².